The third-order valence-corrected chi connectivity index (χ3v) is 3.60. The van der Waals surface area contributed by atoms with Crippen LogP contribution in [0.1, 0.15) is 44.9 Å². The summed E-state index contributed by atoms with van der Waals surface area (Å²) >= 11 is 0. The molecule has 0 bridgehead atoms. The molecule has 2 unspecified atom stereocenters. The highest BCUT2D eigenvalue weighted by Crippen LogP contribution is 2.32. The molecule has 2 aliphatic carbocycles. The molecule has 16 heavy (non-hydrogen) atoms. The van der Waals surface area contributed by atoms with Crippen LogP contribution in [0.15, 0.2) is 0 Å². The van der Waals surface area contributed by atoms with Crippen LogP contribution in [0.2, 0.25) is 0 Å². The SMILES string of the molecule is O=C(CC1CC1)NC1CCCCC1C(=O)O. The first-order chi connectivity index (χ1) is 7.66. The van der Waals surface area contributed by atoms with Crippen molar-refractivity contribution in [2.24, 2.45) is 11.8 Å². The molecular weight excluding hydrogens is 206 g/mol. The van der Waals surface area contributed by atoms with Crippen molar-refractivity contribution in [1.29, 1.82) is 0 Å². The lowest BCUT2D eigenvalue weighted by Crippen LogP contribution is -2.45. The van der Waals surface area contributed by atoms with Gasteiger partial charge in [0.2, 0.25) is 5.91 Å². The average Bonchev–Trinajstić information content (AvgIpc) is 3.02. The summed E-state index contributed by atoms with van der Waals surface area (Å²) in [5.41, 5.74) is 0. The van der Waals surface area contributed by atoms with Crippen LogP contribution in [-0.4, -0.2) is 23.0 Å². The number of carboxylic acids is 1. The number of carboxylic acid groups (broad SMARTS) is 1. The zero-order chi connectivity index (χ0) is 11.5. The number of carbonyl (C=O) groups excluding carboxylic acids is 1. The van der Waals surface area contributed by atoms with E-state index in [0.29, 0.717) is 18.8 Å². The van der Waals surface area contributed by atoms with E-state index in [9.17, 15) is 9.59 Å². The van der Waals surface area contributed by atoms with Gasteiger partial charge in [0.05, 0.1) is 5.92 Å². The van der Waals surface area contributed by atoms with Gasteiger partial charge in [-0.15, -0.1) is 0 Å². The molecule has 90 valence electrons. The van der Waals surface area contributed by atoms with Gasteiger partial charge < -0.3 is 10.4 Å². The highest BCUT2D eigenvalue weighted by molar-refractivity contribution is 5.78. The van der Waals surface area contributed by atoms with Gasteiger partial charge in [0, 0.05) is 12.5 Å². The maximum Gasteiger partial charge on any atom is 0.308 e. The summed E-state index contributed by atoms with van der Waals surface area (Å²) in [5.74, 6) is -0.541. The van der Waals surface area contributed by atoms with Crippen molar-refractivity contribution in [3.8, 4) is 0 Å². The molecule has 0 heterocycles. The van der Waals surface area contributed by atoms with Gasteiger partial charge in [0.25, 0.3) is 0 Å². The third kappa shape index (κ3) is 2.97. The highest BCUT2D eigenvalue weighted by Gasteiger charge is 2.33. The fourth-order valence-corrected chi connectivity index (χ4v) is 2.45. The number of aliphatic carboxylic acids is 1. The zero-order valence-corrected chi connectivity index (χ0v) is 9.45. The highest BCUT2D eigenvalue weighted by atomic mass is 16.4. The Hall–Kier alpha value is -1.06. The minimum atomic E-state index is -0.767. The lowest BCUT2D eigenvalue weighted by atomic mass is 9.84. The van der Waals surface area contributed by atoms with Crippen LogP contribution in [0.5, 0.6) is 0 Å². The second kappa shape index (κ2) is 4.85. The average molecular weight is 225 g/mol. The Bertz CT molecular complexity index is 286. The molecule has 0 spiro atoms. The van der Waals surface area contributed by atoms with Gasteiger partial charge in [-0.25, -0.2) is 0 Å². The van der Waals surface area contributed by atoms with Gasteiger partial charge >= 0.3 is 5.97 Å². The van der Waals surface area contributed by atoms with Crippen LogP contribution in [0.3, 0.4) is 0 Å². The van der Waals surface area contributed by atoms with Crippen molar-refractivity contribution in [1.82, 2.24) is 5.32 Å². The number of nitrogens with one attached hydrogen (secondary N) is 1. The van der Waals surface area contributed by atoms with Crippen LogP contribution >= 0.6 is 0 Å². The first kappa shape index (κ1) is 11.4. The maximum atomic E-state index is 11.6. The molecule has 0 aliphatic heterocycles. The first-order valence-electron chi connectivity index (χ1n) is 6.19. The van der Waals surface area contributed by atoms with Crippen molar-refractivity contribution < 1.29 is 14.7 Å². The summed E-state index contributed by atoms with van der Waals surface area (Å²) in [4.78, 5) is 22.7. The fourth-order valence-electron chi connectivity index (χ4n) is 2.45. The minimum Gasteiger partial charge on any atom is -0.481 e. The molecule has 0 radical (unpaired) electrons. The van der Waals surface area contributed by atoms with Gasteiger partial charge in [-0.3, -0.25) is 9.59 Å². The summed E-state index contributed by atoms with van der Waals surface area (Å²) in [5, 5.41) is 12.0. The van der Waals surface area contributed by atoms with E-state index in [2.05, 4.69) is 5.32 Å². The van der Waals surface area contributed by atoms with Crippen LogP contribution in [-0.2, 0) is 9.59 Å². The lowest BCUT2D eigenvalue weighted by Gasteiger charge is -2.29. The molecule has 2 fully saturated rings. The molecule has 2 saturated carbocycles. The first-order valence-corrected chi connectivity index (χ1v) is 6.19. The molecule has 4 nitrogen and oxygen atoms in total. The quantitative estimate of drug-likeness (QED) is 0.762. The number of hydrogen-bond donors (Lipinski definition) is 2. The molecule has 2 aliphatic rings. The number of hydrogen-bond acceptors (Lipinski definition) is 2. The van der Waals surface area contributed by atoms with E-state index >= 15 is 0 Å². The summed E-state index contributed by atoms with van der Waals surface area (Å²) in [6.45, 7) is 0. The summed E-state index contributed by atoms with van der Waals surface area (Å²) in [6, 6.07) is -0.141. The van der Waals surface area contributed by atoms with E-state index in [0.717, 1.165) is 32.1 Å². The molecule has 2 rings (SSSR count). The fraction of sp³-hybridized carbons (Fsp3) is 0.833. The van der Waals surface area contributed by atoms with Crippen LogP contribution < -0.4 is 5.32 Å². The molecule has 0 aromatic carbocycles. The normalized spacial score (nSPS) is 29.8. The molecule has 4 heteroatoms. The molecular formula is C12H19NO3. The maximum absolute atomic E-state index is 11.6. The van der Waals surface area contributed by atoms with Crippen molar-refractivity contribution in [2.75, 3.05) is 0 Å². The van der Waals surface area contributed by atoms with Crippen molar-refractivity contribution in [3.63, 3.8) is 0 Å². The second-order valence-electron chi connectivity index (χ2n) is 5.05. The third-order valence-electron chi connectivity index (χ3n) is 3.60. The van der Waals surface area contributed by atoms with E-state index in [4.69, 9.17) is 5.11 Å². The number of carbonyl (C=O) groups is 2. The molecule has 2 atom stereocenters. The molecule has 0 aromatic rings. The van der Waals surface area contributed by atoms with Gasteiger partial charge in [-0.1, -0.05) is 12.8 Å². The standard InChI is InChI=1S/C12H19NO3/c14-11(7-8-5-6-8)13-10-4-2-1-3-9(10)12(15)16/h8-10H,1-7H2,(H,13,14)(H,15,16). The largest absolute Gasteiger partial charge is 0.481 e. The van der Waals surface area contributed by atoms with E-state index < -0.39 is 5.97 Å². The molecule has 0 aromatic heterocycles. The van der Waals surface area contributed by atoms with E-state index in [1.165, 1.54) is 0 Å². The number of amides is 1. The van der Waals surface area contributed by atoms with Gasteiger partial charge in [-0.05, 0) is 31.6 Å². The summed E-state index contributed by atoms with van der Waals surface area (Å²) in [7, 11) is 0. The van der Waals surface area contributed by atoms with E-state index in [1.54, 1.807) is 0 Å². The topological polar surface area (TPSA) is 66.4 Å². The predicted octanol–water partition coefficient (Wildman–Crippen LogP) is 1.55. The number of rotatable bonds is 4. The Morgan fingerprint density at radius 2 is 1.81 bits per heavy atom. The Morgan fingerprint density at radius 3 is 2.44 bits per heavy atom. The molecule has 0 saturated heterocycles. The summed E-state index contributed by atoms with van der Waals surface area (Å²) < 4.78 is 0. The lowest BCUT2D eigenvalue weighted by molar-refractivity contribution is -0.144. The Balaban J connectivity index is 1.84. The van der Waals surface area contributed by atoms with Gasteiger partial charge in [0.15, 0.2) is 0 Å². The van der Waals surface area contributed by atoms with Gasteiger partial charge in [0.1, 0.15) is 0 Å². The predicted molar refractivity (Wildman–Crippen MR) is 58.9 cm³/mol. The van der Waals surface area contributed by atoms with E-state index in [-0.39, 0.29) is 17.9 Å². The van der Waals surface area contributed by atoms with Crippen molar-refractivity contribution >= 4 is 11.9 Å². The minimum absolute atomic E-state index is 0.0423. The zero-order valence-electron chi connectivity index (χ0n) is 9.45. The van der Waals surface area contributed by atoms with Crippen molar-refractivity contribution in [3.05, 3.63) is 0 Å². The summed E-state index contributed by atoms with van der Waals surface area (Å²) in [6.07, 6.45) is 6.39. The van der Waals surface area contributed by atoms with Crippen LogP contribution in [0.4, 0.5) is 0 Å². The Kier molecular flexibility index (Phi) is 3.46. The van der Waals surface area contributed by atoms with Crippen LogP contribution in [0.25, 0.3) is 0 Å². The Morgan fingerprint density at radius 1 is 1.12 bits per heavy atom. The van der Waals surface area contributed by atoms with E-state index in [1.807, 2.05) is 0 Å². The second-order valence-corrected chi connectivity index (χ2v) is 5.05. The van der Waals surface area contributed by atoms with Crippen LogP contribution in [0, 0.1) is 11.8 Å². The molecule has 2 N–H and O–H groups in total. The smallest absolute Gasteiger partial charge is 0.308 e. The Labute approximate surface area is 95.4 Å². The molecule has 1 amide bonds. The monoisotopic (exact) mass is 225 g/mol. The van der Waals surface area contributed by atoms with Gasteiger partial charge in [-0.2, -0.15) is 0 Å². The van der Waals surface area contributed by atoms with Crippen molar-refractivity contribution in [2.45, 2.75) is 51.0 Å².